The zero-order valence-corrected chi connectivity index (χ0v) is 8.29. The molecule has 6 fully saturated rings. The standard InChI is InChI=1S/C12H16O/c1-3-13-4-12-8-5-9(12)7-10(12)6(8)11(5,7)2/h5-10H,3-4H2,1-2H3. The van der Waals surface area contributed by atoms with Gasteiger partial charge in [0.05, 0.1) is 6.61 Å². The first-order chi connectivity index (χ1) is 6.29. The van der Waals surface area contributed by atoms with E-state index >= 15 is 0 Å². The summed E-state index contributed by atoms with van der Waals surface area (Å²) < 4.78 is 5.68. The Morgan fingerprint density at radius 2 is 1.54 bits per heavy atom. The Hall–Kier alpha value is -0.0400. The summed E-state index contributed by atoms with van der Waals surface area (Å²) in [6.45, 7) is 6.72. The van der Waals surface area contributed by atoms with Gasteiger partial charge in [0.15, 0.2) is 0 Å². The summed E-state index contributed by atoms with van der Waals surface area (Å²) in [7, 11) is 0. The third-order valence-corrected chi connectivity index (χ3v) is 6.89. The highest BCUT2D eigenvalue weighted by Crippen LogP contribution is 3.10. The fraction of sp³-hybridized carbons (Fsp3) is 1.00. The molecule has 0 aromatic heterocycles. The van der Waals surface area contributed by atoms with Crippen LogP contribution in [0.2, 0.25) is 0 Å². The van der Waals surface area contributed by atoms with Gasteiger partial charge in [-0.15, -0.1) is 0 Å². The van der Waals surface area contributed by atoms with Gasteiger partial charge in [0.2, 0.25) is 0 Å². The Morgan fingerprint density at radius 1 is 1.00 bits per heavy atom. The number of hydrogen-bond donors (Lipinski definition) is 0. The summed E-state index contributed by atoms with van der Waals surface area (Å²) in [5, 5.41) is 0. The van der Waals surface area contributed by atoms with Crippen molar-refractivity contribution >= 4 is 0 Å². The molecule has 0 atom stereocenters. The van der Waals surface area contributed by atoms with E-state index in [-0.39, 0.29) is 0 Å². The molecule has 0 heterocycles. The minimum Gasteiger partial charge on any atom is -0.381 e. The van der Waals surface area contributed by atoms with Crippen molar-refractivity contribution in [2.75, 3.05) is 13.2 Å². The summed E-state index contributed by atoms with van der Waals surface area (Å²) in [6, 6.07) is 0. The molecule has 6 saturated carbocycles. The van der Waals surface area contributed by atoms with Gasteiger partial charge in [-0.1, -0.05) is 6.92 Å². The Balaban J connectivity index is 1.50. The zero-order chi connectivity index (χ0) is 8.59. The second kappa shape index (κ2) is 1.32. The lowest BCUT2D eigenvalue weighted by Crippen LogP contribution is -3.09. The lowest BCUT2D eigenvalue weighted by molar-refractivity contribution is -0.656. The average Bonchev–Trinajstić information content (AvgIpc) is 2.18. The third-order valence-electron chi connectivity index (χ3n) is 6.89. The van der Waals surface area contributed by atoms with Crippen LogP contribution in [-0.2, 0) is 4.74 Å². The van der Waals surface area contributed by atoms with Crippen molar-refractivity contribution in [3.63, 3.8) is 0 Å². The normalized spacial score (nSPS) is 82.6. The van der Waals surface area contributed by atoms with Gasteiger partial charge in [-0.25, -0.2) is 0 Å². The van der Waals surface area contributed by atoms with E-state index in [0.29, 0.717) is 0 Å². The minimum atomic E-state index is 0.772. The first-order valence-electron chi connectivity index (χ1n) is 5.87. The van der Waals surface area contributed by atoms with Gasteiger partial charge in [-0.05, 0) is 47.8 Å². The maximum Gasteiger partial charge on any atom is 0.0530 e. The summed E-state index contributed by atoms with van der Waals surface area (Å²) in [5.41, 5.74) is 1.65. The molecular weight excluding hydrogens is 160 g/mol. The molecule has 1 heteroatoms. The highest BCUT2D eigenvalue weighted by molar-refractivity contribution is 5.54. The first-order valence-corrected chi connectivity index (χ1v) is 5.87. The largest absolute Gasteiger partial charge is 0.381 e. The predicted molar refractivity (Wildman–Crippen MR) is 48.0 cm³/mol. The fourth-order valence-electron chi connectivity index (χ4n) is 6.86. The van der Waals surface area contributed by atoms with Crippen LogP contribution < -0.4 is 0 Å². The monoisotopic (exact) mass is 176 g/mol. The summed E-state index contributed by atoms with van der Waals surface area (Å²) in [5.74, 6) is 6.95. The predicted octanol–water partition coefficient (Wildman–Crippen LogP) is 1.78. The van der Waals surface area contributed by atoms with Crippen LogP contribution in [-0.4, -0.2) is 13.2 Å². The second-order valence-electron chi connectivity index (χ2n) is 6.27. The number of ether oxygens (including phenoxy) is 1. The minimum absolute atomic E-state index is 0.772. The van der Waals surface area contributed by atoms with Crippen molar-refractivity contribution in [1.82, 2.24) is 0 Å². The molecule has 0 N–H and O–H groups in total. The van der Waals surface area contributed by atoms with Crippen molar-refractivity contribution < 1.29 is 4.74 Å². The van der Waals surface area contributed by atoms with Crippen LogP contribution in [0, 0.1) is 46.3 Å². The Morgan fingerprint density at radius 3 is 2.00 bits per heavy atom. The second-order valence-corrected chi connectivity index (χ2v) is 6.27. The highest BCUT2D eigenvalue weighted by atomic mass is 16.5. The van der Waals surface area contributed by atoms with Crippen molar-refractivity contribution in [2.24, 2.45) is 46.3 Å². The lowest BCUT2D eigenvalue weighted by atomic mass is 8.92. The van der Waals surface area contributed by atoms with Crippen LogP contribution >= 0.6 is 0 Å². The third kappa shape index (κ3) is 0.281. The molecule has 0 radical (unpaired) electrons. The molecule has 0 bridgehead atoms. The molecular formula is C12H16O. The van der Waals surface area contributed by atoms with Gasteiger partial charge in [-0.2, -0.15) is 0 Å². The summed E-state index contributed by atoms with van der Waals surface area (Å²) in [4.78, 5) is 0. The van der Waals surface area contributed by atoms with Crippen LogP contribution in [0.3, 0.4) is 0 Å². The van der Waals surface area contributed by atoms with Crippen molar-refractivity contribution in [2.45, 2.75) is 13.8 Å². The molecule has 6 aliphatic carbocycles. The maximum atomic E-state index is 5.68. The molecule has 0 aromatic carbocycles. The lowest BCUT2D eigenvalue weighted by Gasteiger charge is -3.11. The zero-order valence-electron chi connectivity index (χ0n) is 8.29. The SMILES string of the molecule is CCOCC12C3C4C1C1C2C3C41C. The first kappa shape index (κ1) is 6.44. The average molecular weight is 176 g/mol. The quantitative estimate of drug-likeness (QED) is 0.637. The maximum absolute atomic E-state index is 5.68. The molecule has 0 aliphatic heterocycles. The van der Waals surface area contributed by atoms with Crippen molar-refractivity contribution in [1.29, 1.82) is 0 Å². The van der Waals surface area contributed by atoms with Crippen LogP contribution in [0.5, 0.6) is 0 Å². The van der Waals surface area contributed by atoms with E-state index in [9.17, 15) is 0 Å². The van der Waals surface area contributed by atoms with Gasteiger partial charge in [-0.3, -0.25) is 0 Å². The van der Waals surface area contributed by atoms with E-state index in [1.165, 1.54) is 17.8 Å². The van der Waals surface area contributed by atoms with Crippen molar-refractivity contribution in [3.05, 3.63) is 0 Å². The summed E-state index contributed by atoms with van der Waals surface area (Å²) in [6.07, 6.45) is 0. The molecule has 13 heavy (non-hydrogen) atoms. The van der Waals surface area contributed by atoms with Crippen LogP contribution in [0.25, 0.3) is 0 Å². The van der Waals surface area contributed by atoms with Crippen LogP contribution in [0.1, 0.15) is 13.8 Å². The van der Waals surface area contributed by atoms with Crippen molar-refractivity contribution in [3.8, 4) is 0 Å². The van der Waals surface area contributed by atoms with Gasteiger partial charge in [0, 0.05) is 12.0 Å². The topological polar surface area (TPSA) is 9.23 Å². The Labute approximate surface area is 78.8 Å². The van der Waals surface area contributed by atoms with Crippen LogP contribution in [0.15, 0.2) is 0 Å². The Kier molecular flexibility index (Phi) is 0.656. The van der Waals surface area contributed by atoms with Gasteiger partial charge in [0.25, 0.3) is 0 Å². The molecule has 6 rings (SSSR count). The van der Waals surface area contributed by atoms with E-state index in [2.05, 4.69) is 13.8 Å². The van der Waals surface area contributed by atoms with E-state index in [4.69, 9.17) is 4.74 Å². The number of hydrogen-bond acceptors (Lipinski definition) is 1. The molecule has 0 amide bonds. The summed E-state index contributed by atoms with van der Waals surface area (Å²) >= 11 is 0. The van der Waals surface area contributed by atoms with Gasteiger partial charge in [0.1, 0.15) is 0 Å². The smallest absolute Gasteiger partial charge is 0.0530 e. The van der Waals surface area contributed by atoms with Gasteiger partial charge >= 0.3 is 0 Å². The fourth-order valence-corrected chi connectivity index (χ4v) is 6.86. The molecule has 1 nitrogen and oxygen atoms in total. The van der Waals surface area contributed by atoms with E-state index in [0.717, 1.165) is 41.8 Å². The van der Waals surface area contributed by atoms with E-state index in [1.807, 2.05) is 0 Å². The number of rotatable bonds is 3. The molecule has 0 unspecified atom stereocenters. The Bertz CT molecular complexity index is 278. The van der Waals surface area contributed by atoms with E-state index in [1.54, 1.807) is 0 Å². The molecule has 0 spiro atoms. The molecule has 0 saturated heterocycles. The highest BCUT2D eigenvalue weighted by Gasteiger charge is 3.08. The van der Waals surface area contributed by atoms with Gasteiger partial charge < -0.3 is 4.74 Å². The molecule has 70 valence electrons. The molecule has 6 aliphatic rings. The van der Waals surface area contributed by atoms with Crippen LogP contribution in [0.4, 0.5) is 0 Å². The molecule has 0 aromatic rings. The van der Waals surface area contributed by atoms with E-state index < -0.39 is 0 Å².